The van der Waals surface area contributed by atoms with E-state index >= 15 is 4.79 Å². The number of fused-ring (bicyclic) bond motifs is 1. The number of halogens is 1. The third-order valence-electron chi connectivity index (χ3n) is 9.02. The van der Waals surface area contributed by atoms with Crippen LogP contribution in [0.2, 0.25) is 0 Å². The van der Waals surface area contributed by atoms with Crippen molar-refractivity contribution < 1.29 is 19.5 Å². The van der Waals surface area contributed by atoms with Gasteiger partial charge in [-0.2, -0.15) is 0 Å². The molecule has 3 fully saturated rings. The number of rotatable bonds is 14. The second kappa shape index (κ2) is 13.4. The van der Waals surface area contributed by atoms with Crippen molar-refractivity contribution >= 4 is 45.4 Å². The van der Waals surface area contributed by atoms with E-state index in [-0.39, 0.29) is 45.7 Å². The Bertz CT molecular complexity index is 1040. The molecule has 0 saturated carbocycles. The van der Waals surface area contributed by atoms with Crippen LogP contribution in [-0.2, 0) is 14.4 Å². The first-order chi connectivity index (χ1) is 19.5. The summed E-state index contributed by atoms with van der Waals surface area (Å²) in [6.45, 7) is 25.8. The van der Waals surface area contributed by atoms with Crippen LogP contribution in [0.25, 0.3) is 0 Å². The van der Waals surface area contributed by atoms with E-state index in [9.17, 15) is 14.7 Å². The number of hydrogen-bond acceptors (Lipinski definition) is 5. The molecular formula is C33H54BrN3O4S. The summed E-state index contributed by atoms with van der Waals surface area (Å²) in [6, 6.07) is -1.29. The number of amides is 3. The third-order valence-corrected chi connectivity index (χ3v) is 12.2. The van der Waals surface area contributed by atoms with Gasteiger partial charge in [0, 0.05) is 35.3 Å². The number of carbonyl (C=O) groups is 3. The maximum atomic E-state index is 15.0. The van der Waals surface area contributed by atoms with Gasteiger partial charge in [-0.25, -0.2) is 0 Å². The van der Waals surface area contributed by atoms with Gasteiger partial charge in [0.2, 0.25) is 17.7 Å². The molecule has 7 atom stereocenters. The highest BCUT2D eigenvalue weighted by atomic mass is 79.9. The van der Waals surface area contributed by atoms with Crippen LogP contribution in [0.1, 0.15) is 81.1 Å². The molecule has 0 aliphatic carbocycles. The molecule has 1 spiro atoms. The van der Waals surface area contributed by atoms with E-state index in [4.69, 9.17) is 0 Å². The van der Waals surface area contributed by atoms with E-state index in [0.717, 1.165) is 12.8 Å². The summed E-state index contributed by atoms with van der Waals surface area (Å²) >= 11 is 5.55. The fourth-order valence-electron chi connectivity index (χ4n) is 8.08. The Morgan fingerprint density at radius 2 is 1.79 bits per heavy atom. The van der Waals surface area contributed by atoms with Gasteiger partial charge in [-0.1, -0.05) is 69.6 Å². The van der Waals surface area contributed by atoms with Crippen molar-refractivity contribution in [2.75, 3.05) is 26.2 Å². The molecule has 0 radical (unpaired) electrons. The SMILES string of the molecule is C=CCN(CCC)C(=O)[C@H]1[C@H]2C(=O)N([C@@H](CO)CC(C)C)C(C(=O)N(CC=C)C(C)(C)CC(C)(C)C)C23CC(Br)[C@@H]1S3. The largest absolute Gasteiger partial charge is 0.394 e. The predicted molar refractivity (Wildman–Crippen MR) is 177 cm³/mol. The minimum Gasteiger partial charge on any atom is -0.394 e. The number of carbonyl (C=O) groups excluding carboxylic acids is 3. The van der Waals surface area contributed by atoms with Crippen LogP contribution in [0.3, 0.4) is 0 Å². The number of likely N-dealkylation sites (tertiary alicyclic amines) is 1. The Labute approximate surface area is 267 Å². The van der Waals surface area contributed by atoms with Gasteiger partial charge in [0.1, 0.15) is 6.04 Å². The van der Waals surface area contributed by atoms with Crippen LogP contribution in [0.5, 0.6) is 0 Å². The maximum absolute atomic E-state index is 15.0. The molecule has 3 aliphatic rings. The molecule has 3 amide bonds. The van der Waals surface area contributed by atoms with Crippen LogP contribution in [0.4, 0.5) is 0 Å². The molecule has 0 aromatic rings. The fourth-order valence-corrected chi connectivity index (χ4v) is 11.7. The Morgan fingerprint density at radius 1 is 1.17 bits per heavy atom. The lowest BCUT2D eigenvalue weighted by molar-refractivity contribution is -0.150. The van der Waals surface area contributed by atoms with E-state index in [1.54, 1.807) is 28.8 Å². The minimum absolute atomic E-state index is 0.00364. The van der Waals surface area contributed by atoms with E-state index in [1.165, 1.54) is 0 Å². The molecule has 0 aromatic carbocycles. The molecule has 1 N–H and O–H groups in total. The van der Waals surface area contributed by atoms with E-state index in [0.29, 0.717) is 32.5 Å². The van der Waals surface area contributed by atoms with Crippen molar-refractivity contribution in [1.82, 2.24) is 14.7 Å². The first-order valence-corrected chi connectivity index (χ1v) is 17.4. The van der Waals surface area contributed by atoms with E-state index in [1.807, 2.05) is 16.7 Å². The summed E-state index contributed by atoms with van der Waals surface area (Å²) < 4.78 is -0.763. The van der Waals surface area contributed by atoms with Crippen molar-refractivity contribution in [2.24, 2.45) is 23.2 Å². The van der Waals surface area contributed by atoms with Crippen molar-refractivity contribution in [3.8, 4) is 0 Å². The van der Waals surface area contributed by atoms with Gasteiger partial charge >= 0.3 is 0 Å². The summed E-state index contributed by atoms with van der Waals surface area (Å²) in [6.07, 6.45) is 6.25. The van der Waals surface area contributed by atoms with Crippen LogP contribution in [-0.4, -0.2) is 96.2 Å². The Morgan fingerprint density at radius 3 is 2.29 bits per heavy atom. The van der Waals surface area contributed by atoms with Gasteiger partial charge in [0.15, 0.2) is 0 Å². The molecular weight excluding hydrogens is 614 g/mol. The van der Waals surface area contributed by atoms with Gasteiger partial charge in [-0.3, -0.25) is 14.4 Å². The van der Waals surface area contributed by atoms with Gasteiger partial charge in [0.25, 0.3) is 0 Å². The lowest BCUT2D eigenvalue weighted by Crippen LogP contribution is -2.62. The first kappa shape index (κ1) is 35.2. The number of alkyl halides is 1. The topological polar surface area (TPSA) is 81.2 Å². The third kappa shape index (κ3) is 6.53. The monoisotopic (exact) mass is 667 g/mol. The van der Waals surface area contributed by atoms with Crippen LogP contribution in [0.15, 0.2) is 25.3 Å². The quantitative estimate of drug-likeness (QED) is 0.195. The lowest BCUT2D eigenvalue weighted by Gasteiger charge is -2.47. The average Bonchev–Trinajstić information content (AvgIpc) is 3.46. The lowest BCUT2D eigenvalue weighted by atomic mass is 9.70. The Hall–Kier alpha value is -1.32. The van der Waals surface area contributed by atoms with Gasteiger partial charge in [-0.05, 0) is 50.9 Å². The highest BCUT2D eigenvalue weighted by molar-refractivity contribution is 9.09. The maximum Gasteiger partial charge on any atom is 0.247 e. The number of thioether (sulfide) groups is 1. The van der Waals surface area contributed by atoms with Crippen LogP contribution in [0, 0.1) is 23.2 Å². The molecule has 3 saturated heterocycles. The Kier molecular flexibility index (Phi) is 11.2. The van der Waals surface area contributed by atoms with Gasteiger partial charge < -0.3 is 19.8 Å². The van der Waals surface area contributed by atoms with Crippen molar-refractivity contribution in [3.05, 3.63) is 25.3 Å². The summed E-state index contributed by atoms with van der Waals surface area (Å²) in [5.41, 5.74) is -0.542. The summed E-state index contributed by atoms with van der Waals surface area (Å²) in [4.78, 5) is 49.4. The smallest absolute Gasteiger partial charge is 0.247 e. The van der Waals surface area contributed by atoms with Crippen molar-refractivity contribution in [2.45, 2.75) is 114 Å². The molecule has 3 heterocycles. The first-order valence-electron chi connectivity index (χ1n) is 15.6. The molecule has 0 aromatic heterocycles. The Balaban J connectivity index is 2.20. The summed E-state index contributed by atoms with van der Waals surface area (Å²) in [7, 11) is 0. The van der Waals surface area contributed by atoms with Crippen molar-refractivity contribution in [1.29, 1.82) is 0 Å². The highest BCUT2D eigenvalue weighted by Crippen LogP contribution is 2.68. The molecule has 3 aliphatic heterocycles. The molecule has 3 unspecified atom stereocenters. The normalized spacial score (nSPS) is 29.5. The summed E-state index contributed by atoms with van der Waals surface area (Å²) in [5, 5.41) is 10.5. The fraction of sp³-hybridized carbons (Fsp3) is 0.788. The predicted octanol–water partition coefficient (Wildman–Crippen LogP) is 5.51. The van der Waals surface area contributed by atoms with Crippen LogP contribution >= 0.6 is 27.7 Å². The second-order valence-electron chi connectivity index (χ2n) is 14.7. The molecule has 3 rings (SSSR count). The standard InChI is InChI=1S/C33H54BrN3O4S/c1-11-14-35(15-12-2)28(39)24-25-29(40)37(22(19-38)17-21(4)5)27(33(25)18-23(34)26(24)42-33)30(41)36(16-13-3)32(9,10)20-31(6,7)8/h11,13,21-27,38H,1,3,12,14-20H2,2,4-10H3/t22-,23?,24+,25+,26+,27?,33?/m1/s1. The molecule has 2 bridgehead atoms. The number of nitrogens with zero attached hydrogens (tertiary/aromatic N) is 3. The van der Waals surface area contributed by atoms with E-state index < -0.39 is 34.2 Å². The molecule has 42 heavy (non-hydrogen) atoms. The highest BCUT2D eigenvalue weighted by Gasteiger charge is 2.76. The van der Waals surface area contributed by atoms with Crippen molar-refractivity contribution in [3.63, 3.8) is 0 Å². The van der Waals surface area contributed by atoms with E-state index in [2.05, 4.69) is 77.6 Å². The average molecular weight is 669 g/mol. The van der Waals surface area contributed by atoms with Crippen LogP contribution < -0.4 is 0 Å². The number of hydrogen-bond donors (Lipinski definition) is 1. The number of aliphatic hydroxyl groups is 1. The van der Waals surface area contributed by atoms with Gasteiger partial charge in [-0.15, -0.1) is 24.9 Å². The number of aliphatic hydroxyl groups excluding tert-OH is 1. The van der Waals surface area contributed by atoms with Gasteiger partial charge in [0.05, 0.1) is 29.2 Å². The minimum atomic E-state index is -0.781. The zero-order chi connectivity index (χ0) is 31.8. The zero-order valence-electron chi connectivity index (χ0n) is 27.1. The molecule has 9 heteroatoms. The molecule has 7 nitrogen and oxygen atoms in total. The molecule has 238 valence electrons. The zero-order valence-corrected chi connectivity index (χ0v) is 29.5. The summed E-state index contributed by atoms with van der Waals surface area (Å²) in [5.74, 6) is -1.26. The second-order valence-corrected chi connectivity index (χ2v) is 17.5.